The number of allylic oxidation sites excluding steroid dienone is 1. The minimum Gasteiger partial charge on any atom is -0.381 e. The molecule has 0 unspecified atom stereocenters. The molecule has 2 heteroatoms. The maximum Gasteiger partial charge on any atom is 0.0181 e. The molecule has 24 heavy (non-hydrogen) atoms. The molecule has 0 aliphatic rings. The molecule has 0 heterocycles. The Morgan fingerprint density at radius 1 is 0.583 bits per heavy atom. The molecule has 0 spiro atoms. The number of nitrogens with zero attached hydrogens (tertiary/aromatic N) is 2. The van der Waals surface area contributed by atoms with Crippen molar-refractivity contribution >= 4 is 0 Å². The molecule has 0 bridgehead atoms. The van der Waals surface area contributed by atoms with E-state index in [0.717, 1.165) is 0 Å². The van der Waals surface area contributed by atoms with Gasteiger partial charge in [0, 0.05) is 13.6 Å². The summed E-state index contributed by atoms with van der Waals surface area (Å²) in [5.74, 6) is 0. The van der Waals surface area contributed by atoms with Gasteiger partial charge in [-0.15, -0.1) is 0 Å². The Kier molecular flexibility index (Phi) is 18.4. The van der Waals surface area contributed by atoms with Gasteiger partial charge in [0.05, 0.1) is 0 Å². The molecule has 0 aromatic heterocycles. The van der Waals surface area contributed by atoms with E-state index in [2.05, 4.69) is 49.9 Å². The third-order valence-electron chi connectivity index (χ3n) is 4.65. The highest BCUT2D eigenvalue weighted by Gasteiger charge is 2.02. The summed E-state index contributed by atoms with van der Waals surface area (Å²) in [6, 6.07) is 0. The Hall–Kier alpha value is -0.500. The van der Waals surface area contributed by atoms with Gasteiger partial charge in [-0.25, -0.2) is 0 Å². The lowest BCUT2D eigenvalue weighted by molar-refractivity contribution is 0.260. The fourth-order valence-corrected chi connectivity index (χ4v) is 3.24. The first-order chi connectivity index (χ1) is 11.7. The maximum absolute atomic E-state index is 2.61. The van der Waals surface area contributed by atoms with Crippen LogP contribution in [0.25, 0.3) is 0 Å². The molecule has 0 N–H and O–H groups in total. The predicted molar refractivity (Wildman–Crippen MR) is 111 cm³/mol. The van der Waals surface area contributed by atoms with Gasteiger partial charge in [0.25, 0.3) is 0 Å². The molecule has 0 aromatic carbocycles. The van der Waals surface area contributed by atoms with E-state index in [1.165, 1.54) is 103 Å². The average molecular weight is 339 g/mol. The van der Waals surface area contributed by atoms with Gasteiger partial charge in [-0.3, -0.25) is 0 Å². The molecule has 0 aliphatic heterocycles. The van der Waals surface area contributed by atoms with Crippen molar-refractivity contribution < 1.29 is 0 Å². The minimum absolute atomic E-state index is 1.18. The van der Waals surface area contributed by atoms with E-state index in [4.69, 9.17) is 0 Å². The summed E-state index contributed by atoms with van der Waals surface area (Å²) in [6.07, 6.45) is 21.0. The highest BCUT2D eigenvalue weighted by atomic mass is 15.1. The quantitative estimate of drug-likeness (QED) is 0.264. The lowest BCUT2D eigenvalue weighted by Gasteiger charge is -2.22. The van der Waals surface area contributed by atoms with E-state index in [9.17, 15) is 0 Å². The molecule has 0 amide bonds. The van der Waals surface area contributed by atoms with Gasteiger partial charge in [-0.2, -0.15) is 0 Å². The van der Waals surface area contributed by atoms with Gasteiger partial charge in [0.15, 0.2) is 0 Å². The van der Waals surface area contributed by atoms with E-state index in [-0.39, 0.29) is 0 Å². The smallest absolute Gasteiger partial charge is 0.0181 e. The zero-order valence-electron chi connectivity index (χ0n) is 17.4. The molecule has 0 rings (SSSR count). The second kappa shape index (κ2) is 18.8. The lowest BCUT2D eigenvalue weighted by Crippen LogP contribution is -2.28. The van der Waals surface area contributed by atoms with Crippen LogP contribution < -0.4 is 0 Å². The number of rotatable bonds is 18. The van der Waals surface area contributed by atoms with E-state index >= 15 is 0 Å². The van der Waals surface area contributed by atoms with Crippen molar-refractivity contribution in [3.8, 4) is 0 Å². The summed E-state index contributed by atoms with van der Waals surface area (Å²) in [4.78, 5) is 4.97. The van der Waals surface area contributed by atoms with Crippen LogP contribution in [0.15, 0.2) is 12.3 Å². The zero-order chi connectivity index (χ0) is 17.9. The summed E-state index contributed by atoms with van der Waals surface area (Å²) in [7, 11) is 2.22. The van der Waals surface area contributed by atoms with Crippen LogP contribution in [0, 0.1) is 0 Å². The van der Waals surface area contributed by atoms with E-state index in [1.54, 1.807) is 0 Å². The lowest BCUT2D eigenvalue weighted by atomic mass is 10.1. The number of unbranched alkanes of at least 4 members (excludes halogenated alkanes) is 8. The van der Waals surface area contributed by atoms with E-state index in [1.807, 2.05) is 0 Å². The zero-order valence-corrected chi connectivity index (χ0v) is 17.4. The highest BCUT2D eigenvalue weighted by Crippen LogP contribution is 2.09. The molecule has 0 radical (unpaired) electrons. The Morgan fingerprint density at radius 2 is 1.17 bits per heavy atom. The summed E-state index contributed by atoms with van der Waals surface area (Å²) in [5.41, 5.74) is 0. The monoisotopic (exact) mass is 338 g/mol. The second-order valence-electron chi connectivity index (χ2n) is 7.32. The van der Waals surface area contributed by atoms with Crippen LogP contribution in [0.5, 0.6) is 0 Å². The van der Waals surface area contributed by atoms with Crippen molar-refractivity contribution in [1.29, 1.82) is 0 Å². The Morgan fingerprint density at radius 3 is 1.75 bits per heavy atom. The van der Waals surface area contributed by atoms with Gasteiger partial charge in [-0.05, 0) is 57.9 Å². The summed E-state index contributed by atoms with van der Waals surface area (Å²) < 4.78 is 0. The molecule has 0 aliphatic carbocycles. The molecule has 0 saturated carbocycles. The maximum atomic E-state index is 2.61. The molecule has 0 fully saturated rings. The van der Waals surface area contributed by atoms with Crippen LogP contribution >= 0.6 is 0 Å². The highest BCUT2D eigenvalue weighted by molar-refractivity contribution is 4.80. The first-order valence-corrected chi connectivity index (χ1v) is 10.8. The van der Waals surface area contributed by atoms with E-state index in [0.29, 0.717) is 0 Å². The molecular weight excluding hydrogens is 292 g/mol. The summed E-state index contributed by atoms with van der Waals surface area (Å²) in [5, 5.41) is 0. The Bertz CT molecular complexity index is 257. The van der Waals surface area contributed by atoms with Gasteiger partial charge < -0.3 is 9.80 Å². The number of hydrogen-bond acceptors (Lipinski definition) is 2. The second-order valence-corrected chi connectivity index (χ2v) is 7.32. The standard InChI is InChI=1S/C22H46N2/c1-5-8-9-10-11-12-13-14-15-16-20-23(4)21-17-22-24(18-6-2)19-7-3/h16,20H,5-15,17-19,21-22H2,1-4H3. The molecule has 144 valence electrons. The van der Waals surface area contributed by atoms with Crippen molar-refractivity contribution in [1.82, 2.24) is 9.80 Å². The van der Waals surface area contributed by atoms with Crippen LogP contribution in [0.3, 0.4) is 0 Å². The third kappa shape index (κ3) is 16.4. The Balaban J connectivity index is 3.49. The van der Waals surface area contributed by atoms with Crippen molar-refractivity contribution in [3.05, 3.63) is 12.3 Å². The van der Waals surface area contributed by atoms with Crippen molar-refractivity contribution in [2.24, 2.45) is 0 Å². The van der Waals surface area contributed by atoms with Crippen LogP contribution in [-0.2, 0) is 0 Å². The minimum atomic E-state index is 1.18. The van der Waals surface area contributed by atoms with Crippen LogP contribution in [-0.4, -0.2) is 43.0 Å². The number of hydrogen-bond donors (Lipinski definition) is 0. The van der Waals surface area contributed by atoms with Gasteiger partial charge in [-0.1, -0.05) is 71.8 Å². The van der Waals surface area contributed by atoms with Gasteiger partial charge >= 0.3 is 0 Å². The fourth-order valence-electron chi connectivity index (χ4n) is 3.24. The average Bonchev–Trinajstić information content (AvgIpc) is 2.57. The van der Waals surface area contributed by atoms with Gasteiger partial charge in [0.2, 0.25) is 0 Å². The van der Waals surface area contributed by atoms with E-state index < -0.39 is 0 Å². The first kappa shape index (κ1) is 23.5. The topological polar surface area (TPSA) is 6.48 Å². The van der Waals surface area contributed by atoms with Crippen molar-refractivity contribution in [3.63, 3.8) is 0 Å². The molecule has 0 aromatic rings. The molecule has 0 atom stereocenters. The normalized spacial score (nSPS) is 11.7. The molecule has 2 nitrogen and oxygen atoms in total. The van der Waals surface area contributed by atoms with Gasteiger partial charge in [0.1, 0.15) is 0 Å². The Labute approximate surface area is 153 Å². The largest absolute Gasteiger partial charge is 0.381 e. The van der Waals surface area contributed by atoms with Crippen molar-refractivity contribution in [2.45, 2.75) is 97.8 Å². The van der Waals surface area contributed by atoms with Crippen LogP contribution in [0.1, 0.15) is 97.8 Å². The summed E-state index contributed by atoms with van der Waals surface area (Å²) >= 11 is 0. The first-order valence-electron chi connectivity index (χ1n) is 10.8. The van der Waals surface area contributed by atoms with Crippen LogP contribution in [0.2, 0.25) is 0 Å². The molecule has 0 saturated heterocycles. The third-order valence-corrected chi connectivity index (χ3v) is 4.65. The van der Waals surface area contributed by atoms with Crippen molar-refractivity contribution in [2.75, 3.05) is 33.2 Å². The molecular formula is C22H46N2. The summed E-state index contributed by atoms with van der Waals surface area (Å²) in [6.45, 7) is 11.8. The predicted octanol–water partition coefficient (Wildman–Crippen LogP) is 6.47. The van der Waals surface area contributed by atoms with Crippen LogP contribution in [0.4, 0.5) is 0 Å². The fraction of sp³-hybridized carbons (Fsp3) is 0.909. The SMILES string of the molecule is CCCCCCCCCCC=CN(C)CCCN(CCC)CCC.